The van der Waals surface area contributed by atoms with Crippen LogP contribution in [0, 0.1) is 13.8 Å². The van der Waals surface area contributed by atoms with Gasteiger partial charge in [0.05, 0.1) is 5.56 Å². The minimum atomic E-state index is -0.0500. The molecule has 1 N–H and O–H groups in total. The van der Waals surface area contributed by atoms with Crippen LogP contribution >= 0.6 is 27.3 Å². The van der Waals surface area contributed by atoms with Crippen molar-refractivity contribution in [2.24, 2.45) is 4.99 Å². The van der Waals surface area contributed by atoms with Crippen molar-refractivity contribution in [2.45, 2.75) is 52.4 Å². The molecule has 0 saturated heterocycles. The molecule has 160 valence electrons. The number of anilines is 1. The zero-order valence-electron chi connectivity index (χ0n) is 18.0. The fraction of sp³-hybridized carbons (Fsp3) is 0.308. The predicted octanol–water partition coefficient (Wildman–Crippen LogP) is 7.79. The molecule has 0 spiro atoms. The summed E-state index contributed by atoms with van der Waals surface area (Å²) in [7, 11) is 0. The molecule has 1 amide bonds. The molecule has 0 unspecified atom stereocenters. The molecule has 0 radical (unpaired) electrons. The number of aryl methyl sites for hydroxylation is 3. The molecule has 0 atom stereocenters. The van der Waals surface area contributed by atoms with Crippen molar-refractivity contribution in [1.82, 2.24) is 0 Å². The number of hydrogen-bond acceptors (Lipinski definition) is 3. The molecule has 0 aliphatic heterocycles. The van der Waals surface area contributed by atoms with Gasteiger partial charge in [-0.1, -0.05) is 47.0 Å². The van der Waals surface area contributed by atoms with Crippen LogP contribution in [-0.4, -0.2) is 12.1 Å². The lowest BCUT2D eigenvalue weighted by atomic mass is 9.96. The molecule has 1 aromatic heterocycles. The number of nitrogens with one attached hydrogen (secondary N) is 1. The van der Waals surface area contributed by atoms with E-state index in [2.05, 4.69) is 41.2 Å². The van der Waals surface area contributed by atoms with E-state index in [1.54, 1.807) is 11.3 Å². The molecule has 0 saturated carbocycles. The van der Waals surface area contributed by atoms with Crippen LogP contribution in [0.1, 0.15) is 63.2 Å². The average Bonchev–Trinajstić information content (AvgIpc) is 3.03. The Morgan fingerprint density at radius 1 is 1.00 bits per heavy atom. The van der Waals surface area contributed by atoms with Gasteiger partial charge in [0.25, 0.3) is 5.91 Å². The lowest BCUT2D eigenvalue weighted by molar-refractivity contribution is 0.102. The van der Waals surface area contributed by atoms with E-state index in [0.29, 0.717) is 0 Å². The molecule has 0 fully saturated rings. The van der Waals surface area contributed by atoms with Gasteiger partial charge in [-0.25, -0.2) is 4.99 Å². The second-order valence-electron chi connectivity index (χ2n) is 8.24. The van der Waals surface area contributed by atoms with E-state index in [0.717, 1.165) is 56.7 Å². The van der Waals surface area contributed by atoms with Crippen LogP contribution in [0.5, 0.6) is 0 Å². The van der Waals surface area contributed by atoms with Gasteiger partial charge in [0.15, 0.2) is 0 Å². The average molecular weight is 495 g/mol. The molecule has 1 heterocycles. The molecular formula is C26H27BrN2OS. The molecule has 3 aromatic rings. The second-order valence-corrected chi connectivity index (χ2v) is 10.2. The van der Waals surface area contributed by atoms with Crippen molar-refractivity contribution in [3.05, 3.63) is 79.6 Å². The highest BCUT2D eigenvalue weighted by Gasteiger charge is 2.24. The van der Waals surface area contributed by atoms with E-state index < -0.39 is 0 Å². The van der Waals surface area contributed by atoms with Gasteiger partial charge in [-0.15, -0.1) is 11.3 Å². The smallest absolute Gasteiger partial charge is 0.259 e. The second kappa shape index (κ2) is 9.92. The third-order valence-corrected chi connectivity index (χ3v) is 7.29. The standard InChI is InChI=1S/C26H27BrN2OS/c1-17-13-18(2)15-21(14-17)29-25(30)24-22-7-5-3-4-6-8-23(22)31-26(24)28-16-19-9-11-20(27)12-10-19/h9-16H,3-8H2,1-2H3,(H,29,30). The number of hydrogen-bond donors (Lipinski definition) is 1. The first kappa shape index (κ1) is 22.0. The first-order valence-electron chi connectivity index (χ1n) is 10.8. The molecule has 2 aromatic carbocycles. The van der Waals surface area contributed by atoms with Crippen LogP contribution in [0.4, 0.5) is 10.7 Å². The third-order valence-electron chi connectivity index (χ3n) is 5.56. The maximum Gasteiger partial charge on any atom is 0.259 e. The molecular weight excluding hydrogens is 468 g/mol. The first-order valence-corrected chi connectivity index (χ1v) is 12.4. The minimum absolute atomic E-state index is 0.0500. The van der Waals surface area contributed by atoms with E-state index >= 15 is 0 Å². The summed E-state index contributed by atoms with van der Waals surface area (Å²) in [5.41, 5.74) is 6.11. The third kappa shape index (κ3) is 5.52. The summed E-state index contributed by atoms with van der Waals surface area (Å²) in [6.45, 7) is 4.10. The van der Waals surface area contributed by atoms with Crippen molar-refractivity contribution >= 4 is 50.1 Å². The van der Waals surface area contributed by atoms with Crippen molar-refractivity contribution in [3.8, 4) is 0 Å². The summed E-state index contributed by atoms with van der Waals surface area (Å²) < 4.78 is 1.04. The maximum atomic E-state index is 13.5. The SMILES string of the molecule is Cc1cc(C)cc(NC(=O)c2c(N=Cc3ccc(Br)cc3)sc3c2CCCCCC3)c1. The highest BCUT2D eigenvalue weighted by molar-refractivity contribution is 9.10. The van der Waals surface area contributed by atoms with E-state index in [1.165, 1.54) is 29.7 Å². The number of benzene rings is 2. The van der Waals surface area contributed by atoms with Crippen molar-refractivity contribution in [3.63, 3.8) is 0 Å². The molecule has 31 heavy (non-hydrogen) atoms. The van der Waals surface area contributed by atoms with Gasteiger partial charge in [0, 0.05) is 21.3 Å². The Morgan fingerprint density at radius 3 is 2.39 bits per heavy atom. The van der Waals surface area contributed by atoms with Crippen LogP contribution in [0.25, 0.3) is 0 Å². The number of fused-ring (bicyclic) bond motifs is 1. The zero-order chi connectivity index (χ0) is 21.8. The summed E-state index contributed by atoms with van der Waals surface area (Å²) in [6, 6.07) is 14.2. The summed E-state index contributed by atoms with van der Waals surface area (Å²) in [5.74, 6) is -0.0500. The Bertz CT molecular complexity index is 1090. The fourth-order valence-electron chi connectivity index (χ4n) is 4.15. The van der Waals surface area contributed by atoms with Gasteiger partial charge in [-0.05, 0) is 86.1 Å². The lowest BCUT2D eigenvalue weighted by Gasteiger charge is -2.12. The summed E-state index contributed by atoms with van der Waals surface area (Å²) in [4.78, 5) is 19.6. The van der Waals surface area contributed by atoms with Gasteiger partial charge in [-0.3, -0.25) is 4.79 Å². The fourth-order valence-corrected chi connectivity index (χ4v) is 5.65. The number of carbonyl (C=O) groups excluding carboxylic acids is 1. The van der Waals surface area contributed by atoms with Crippen LogP contribution in [0.15, 0.2) is 51.9 Å². The molecule has 4 rings (SSSR count). The van der Waals surface area contributed by atoms with Gasteiger partial charge >= 0.3 is 0 Å². The molecule has 1 aliphatic rings. The Balaban J connectivity index is 1.70. The summed E-state index contributed by atoms with van der Waals surface area (Å²) in [6.07, 6.45) is 8.65. The number of nitrogens with zero attached hydrogens (tertiary/aromatic N) is 1. The normalized spacial score (nSPS) is 14.2. The van der Waals surface area contributed by atoms with Crippen LogP contribution in [0.3, 0.4) is 0 Å². The highest BCUT2D eigenvalue weighted by Crippen LogP contribution is 2.39. The molecule has 1 aliphatic carbocycles. The van der Waals surface area contributed by atoms with Gasteiger partial charge in [0.1, 0.15) is 5.00 Å². The maximum absolute atomic E-state index is 13.5. The lowest BCUT2D eigenvalue weighted by Crippen LogP contribution is -2.14. The molecule has 3 nitrogen and oxygen atoms in total. The molecule has 0 bridgehead atoms. The van der Waals surface area contributed by atoms with Gasteiger partial charge < -0.3 is 5.32 Å². The summed E-state index contributed by atoms with van der Waals surface area (Å²) >= 11 is 5.16. The van der Waals surface area contributed by atoms with E-state index in [1.807, 2.05) is 42.6 Å². The van der Waals surface area contributed by atoms with E-state index in [4.69, 9.17) is 4.99 Å². The Labute approximate surface area is 196 Å². The van der Waals surface area contributed by atoms with Crippen LogP contribution in [0.2, 0.25) is 0 Å². The number of aliphatic imine (C=N–C) groups is 1. The van der Waals surface area contributed by atoms with Crippen molar-refractivity contribution in [2.75, 3.05) is 5.32 Å². The van der Waals surface area contributed by atoms with Crippen LogP contribution < -0.4 is 5.32 Å². The summed E-state index contributed by atoms with van der Waals surface area (Å²) in [5, 5.41) is 3.96. The topological polar surface area (TPSA) is 41.5 Å². The largest absolute Gasteiger partial charge is 0.322 e. The zero-order valence-corrected chi connectivity index (χ0v) is 20.4. The van der Waals surface area contributed by atoms with Crippen LogP contribution in [-0.2, 0) is 12.8 Å². The Hall–Kier alpha value is -2.24. The molecule has 5 heteroatoms. The monoisotopic (exact) mass is 494 g/mol. The number of amides is 1. The van der Waals surface area contributed by atoms with E-state index in [-0.39, 0.29) is 5.91 Å². The number of halogens is 1. The minimum Gasteiger partial charge on any atom is -0.322 e. The first-order chi connectivity index (χ1) is 15.0. The number of rotatable bonds is 4. The quantitative estimate of drug-likeness (QED) is 0.369. The van der Waals surface area contributed by atoms with E-state index in [9.17, 15) is 4.79 Å². The van der Waals surface area contributed by atoms with Crippen molar-refractivity contribution in [1.29, 1.82) is 0 Å². The van der Waals surface area contributed by atoms with Crippen molar-refractivity contribution < 1.29 is 4.79 Å². The highest BCUT2D eigenvalue weighted by atomic mass is 79.9. The number of thiophene rings is 1. The number of carbonyl (C=O) groups is 1. The predicted molar refractivity (Wildman–Crippen MR) is 135 cm³/mol. The Kier molecular flexibility index (Phi) is 7.03. The van der Waals surface area contributed by atoms with Gasteiger partial charge in [-0.2, -0.15) is 0 Å². The Morgan fingerprint density at radius 2 is 1.68 bits per heavy atom. The van der Waals surface area contributed by atoms with Gasteiger partial charge in [0.2, 0.25) is 0 Å².